The van der Waals surface area contributed by atoms with Crippen molar-refractivity contribution in [2.75, 3.05) is 6.54 Å². The van der Waals surface area contributed by atoms with E-state index in [1.165, 1.54) is 6.07 Å². The molecule has 2 atom stereocenters. The molecule has 0 radical (unpaired) electrons. The number of primary amides is 1. The first kappa shape index (κ1) is 32.1. The van der Waals surface area contributed by atoms with Crippen LogP contribution in [0.1, 0.15) is 62.3 Å². The van der Waals surface area contributed by atoms with E-state index in [1.54, 1.807) is 48.5 Å². The second-order valence-corrected chi connectivity index (χ2v) is 9.97. The van der Waals surface area contributed by atoms with Gasteiger partial charge in [0.25, 0.3) is 11.8 Å². The normalized spacial score (nSPS) is 16.3. The van der Waals surface area contributed by atoms with Gasteiger partial charge in [0.15, 0.2) is 0 Å². The van der Waals surface area contributed by atoms with Crippen molar-refractivity contribution in [3.63, 3.8) is 0 Å². The SMILES string of the molecule is NC(=O)c1ccccc1.O=C(CNC(=O)c1cccc(C(F)(F)F)c1)N[C@@H]1CCCC[C@@H]1NC(=O)c1ccc(Cl)cc1. The topological polar surface area (TPSA) is 130 Å². The maximum Gasteiger partial charge on any atom is 0.416 e. The number of nitrogens with one attached hydrogen (secondary N) is 3. The van der Waals surface area contributed by atoms with Gasteiger partial charge >= 0.3 is 6.18 Å². The number of hydrogen-bond donors (Lipinski definition) is 4. The fourth-order valence-corrected chi connectivity index (χ4v) is 4.41. The molecule has 0 aliphatic heterocycles. The van der Waals surface area contributed by atoms with Crippen LogP contribution in [0.3, 0.4) is 0 Å². The van der Waals surface area contributed by atoms with Crippen molar-refractivity contribution < 1.29 is 32.3 Å². The monoisotopic (exact) mass is 602 g/mol. The average Bonchev–Trinajstić information content (AvgIpc) is 2.97. The van der Waals surface area contributed by atoms with Crippen LogP contribution < -0.4 is 21.7 Å². The molecule has 1 aliphatic rings. The summed E-state index contributed by atoms with van der Waals surface area (Å²) in [7, 11) is 0. The zero-order chi connectivity index (χ0) is 30.7. The second kappa shape index (κ2) is 15.0. The molecule has 0 aromatic heterocycles. The third kappa shape index (κ3) is 9.91. The fourth-order valence-electron chi connectivity index (χ4n) is 4.29. The Balaban J connectivity index is 0.000000458. The zero-order valence-corrected chi connectivity index (χ0v) is 23.2. The van der Waals surface area contributed by atoms with E-state index in [-0.39, 0.29) is 29.5 Å². The van der Waals surface area contributed by atoms with Crippen LogP contribution in [-0.2, 0) is 11.0 Å². The first-order chi connectivity index (χ1) is 19.9. The lowest BCUT2D eigenvalue weighted by Crippen LogP contribution is -2.54. The van der Waals surface area contributed by atoms with Gasteiger partial charge in [-0.15, -0.1) is 0 Å². The van der Waals surface area contributed by atoms with Crippen LogP contribution in [0.15, 0.2) is 78.9 Å². The lowest BCUT2D eigenvalue weighted by atomic mass is 9.90. The molecule has 5 N–H and O–H groups in total. The third-order valence-corrected chi connectivity index (χ3v) is 6.71. The molecule has 0 spiro atoms. The molecule has 4 rings (SSSR count). The Bertz CT molecular complexity index is 1390. The molecule has 3 aromatic rings. The van der Waals surface area contributed by atoms with Crippen molar-refractivity contribution in [1.29, 1.82) is 0 Å². The number of halogens is 4. The highest BCUT2D eigenvalue weighted by Gasteiger charge is 2.31. The van der Waals surface area contributed by atoms with Crippen LogP contribution in [0.5, 0.6) is 0 Å². The number of benzene rings is 3. The number of carbonyl (C=O) groups is 4. The van der Waals surface area contributed by atoms with Gasteiger partial charge in [0.1, 0.15) is 0 Å². The molecule has 0 saturated heterocycles. The number of hydrogen-bond acceptors (Lipinski definition) is 4. The summed E-state index contributed by atoms with van der Waals surface area (Å²) in [5.74, 6) is -1.94. The smallest absolute Gasteiger partial charge is 0.366 e. The minimum atomic E-state index is -4.57. The average molecular weight is 603 g/mol. The van der Waals surface area contributed by atoms with E-state index < -0.39 is 30.1 Å². The summed E-state index contributed by atoms with van der Waals surface area (Å²) in [6.07, 6.45) is -1.47. The Labute approximate surface area is 245 Å². The van der Waals surface area contributed by atoms with Gasteiger partial charge in [0.2, 0.25) is 11.8 Å². The summed E-state index contributed by atoms with van der Waals surface area (Å²) in [5.41, 5.74) is 4.84. The first-order valence-electron chi connectivity index (χ1n) is 13.1. The molecule has 1 saturated carbocycles. The van der Waals surface area contributed by atoms with Gasteiger partial charge in [-0.25, -0.2) is 0 Å². The van der Waals surface area contributed by atoms with E-state index in [0.29, 0.717) is 29.0 Å². The maximum absolute atomic E-state index is 12.8. The standard InChI is InChI=1S/C23H23ClF3N3O3.C7H7NO/c24-17-10-8-14(9-11-17)22(33)30-19-7-2-1-6-18(19)29-20(31)13-28-21(32)15-4-3-5-16(12-15)23(25,26)27;8-7(9)6-4-2-1-3-5-6/h3-5,8-12,18-19H,1-2,6-7,13H2,(H,28,32)(H,29,31)(H,30,33);1-5H,(H2,8,9)/t18-,19+;/m1./s1. The van der Waals surface area contributed by atoms with E-state index in [0.717, 1.165) is 31.0 Å². The molecule has 222 valence electrons. The molecular weight excluding hydrogens is 573 g/mol. The number of alkyl halides is 3. The fraction of sp³-hybridized carbons (Fsp3) is 0.267. The number of rotatable bonds is 7. The Morgan fingerprint density at radius 1 is 0.762 bits per heavy atom. The Morgan fingerprint density at radius 2 is 1.36 bits per heavy atom. The number of carbonyl (C=O) groups excluding carboxylic acids is 4. The number of amides is 4. The van der Waals surface area contributed by atoms with E-state index in [2.05, 4.69) is 16.0 Å². The van der Waals surface area contributed by atoms with Crippen molar-refractivity contribution in [2.24, 2.45) is 5.73 Å². The molecule has 0 unspecified atom stereocenters. The Kier molecular flexibility index (Phi) is 11.5. The first-order valence-corrected chi connectivity index (χ1v) is 13.5. The molecule has 0 heterocycles. The summed E-state index contributed by atoms with van der Waals surface area (Å²) in [5, 5.41) is 8.59. The van der Waals surface area contributed by atoms with Crippen LogP contribution in [0.4, 0.5) is 13.2 Å². The summed E-state index contributed by atoms with van der Waals surface area (Å²) in [6.45, 7) is -0.399. The van der Waals surface area contributed by atoms with E-state index in [1.807, 2.05) is 6.07 Å². The van der Waals surface area contributed by atoms with Crippen LogP contribution in [-0.4, -0.2) is 42.3 Å². The number of nitrogens with two attached hydrogens (primary N) is 1. The van der Waals surface area contributed by atoms with Crippen molar-refractivity contribution >= 4 is 35.2 Å². The predicted molar refractivity (Wildman–Crippen MR) is 152 cm³/mol. The lowest BCUT2D eigenvalue weighted by Gasteiger charge is -2.33. The second-order valence-electron chi connectivity index (χ2n) is 9.54. The van der Waals surface area contributed by atoms with E-state index in [9.17, 15) is 32.3 Å². The van der Waals surface area contributed by atoms with Gasteiger partial charge in [-0.2, -0.15) is 13.2 Å². The largest absolute Gasteiger partial charge is 0.416 e. The van der Waals surface area contributed by atoms with Gasteiger partial charge in [-0.05, 0) is 67.4 Å². The highest BCUT2D eigenvalue weighted by atomic mass is 35.5. The molecule has 1 fully saturated rings. The lowest BCUT2D eigenvalue weighted by molar-refractivity contribution is -0.137. The summed E-state index contributed by atoms with van der Waals surface area (Å²) >= 11 is 5.85. The van der Waals surface area contributed by atoms with Crippen LogP contribution in [0, 0.1) is 0 Å². The van der Waals surface area contributed by atoms with Gasteiger partial charge in [0.05, 0.1) is 12.1 Å². The maximum atomic E-state index is 12.8. The van der Waals surface area contributed by atoms with Crippen molar-refractivity contribution in [3.8, 4) is 0 Å². The highest BCUT2D eigenvalue weighted by molar-refractivity contribution is 6.30. The Morgan fingerprint density at radius 3 is 1.93 bits per heavy atom. The molecule has 4 amide bonds. The Hall–Kier alpha value is -4.38. The van der Waals surface area contributed by atoms with Crippen molar-refractivity contribution in [1.82, 2.24) is 16.0 Å². The molecule has 3 aromatic carbocycles. The van der Waals surface area contributed by atoms with Crippen molar-refractivity contribution in [3.05, 3.63) is 106 Å². The van der Waals surface area contributed by atoms with Crippen molar-refractivity contribution in [2.45, 2.75) is 43.9 Å². The summed E-state index contributed by atoms with van der Waals surface area (Å²) in [4.78, 5) is 47.5. The van der Waals surface area contributed by atoms with Crippen LogP contribution >= 0.6 is 11.6 Å². The minimum absolute atomic E-state index is 0.191. The zero-order valence-electron chi connectivity index (χ0n) is 22.4. The van der Waals surface area contributed by atoms with Crippen LogP contribution in [0.25, 0.3) is 0 Å². The van der Waals surface area contributed by atoms with Gasteiger partial charge < -0.3 is 21.7 Å². The predicted octanol–water partition coefficient (Wildman–Crippen LogP) is 4.73. The van der Waals surface area contributed by atoms with Gasteiger partial charge in [-0.3, -0.25) is 19.2 Å². The van der Waals surface area contributed by atoms with Gasteiger partial charge in [-0.1, -0.05) is 48.7 Å². The highest BCUT2D eigenvalue weighted by Crippen LogP contribution is 2.29. The molecular formula is C30H30ClF3N4O4. The molecule has 42 heavy (non-hydrogen) atoms. The molecule has 12 heteroatoms. The third-order valence-electron chi connectivity index (χ3n) is 6.46. The van der Waals surface area contributed by atoms with Gasteiger partial charge in [0, 0.05) is 33.8 Å². The summed E-state index contributed by atoms with van der Waals surface area (Å²) < 4.78 is 38.5. The molecule has 0 bridgehead atoms. The van der Waals surface area contributed by atoms with E-state index in [4.69, 9.17) is 17.3 Å². The van der Waals surface area contributed by atoms with E-state index >= 15 is 0 Å². The summed E-state index contributed by atoms with van der Waals surface area (Å²) in [6, 6.07) is 18.6. The van der Waals surface area contributed by atoms with Crippen LogP contribution in [0.2, 0.25) is 5.02 Å². The quantitative estimate of drug-likeness (QED) is 0.311. The molecule has 8 nitrogen and oxygen atoms in total. The molecule has 1 aliphatic carbocycles. The minimum Gasteiger partial charge on any atom is -0.366 e.